The average Bonchev–Trinajstić information content (AvgIpc) is 2.51. The van der Waals surface area contributed by atoms with Crippen molar-refractivity contribution >= 4 is 17.3 Å². The topological polar surface area (TPSA) is 21.3 Å². The summed E-state index contributed by atoms with van der Waals surface area (Å²) in [5.41, 5.74) is 2.31. The van der Waals surface area contributed by atoms with E-state index in [-0.39, 0.29) is 0 Å². The van der Waals surface area contributed by atoms with Gasteiger partial charge in [0.15, 0.2) is 0 Å². The highest BCUT2D eigenvalue weighted by atomic mass is 35.5. The van der Waals surface area contributed by atoms with Crippen molar-refractivity contribution in [3.8, 4) is 5.75 Å². The first kappa shape index (κ1) is 15.7. The van der Waals surface area contributed by atoms with Gasteiger partial charge in [-0.05, 0) is 43.0 Å². The molecule has 0 aliphatic carbocycles. The molecule has 0 aliphatic rings. The number of hydrogen-bond donors (Lipinski definition) is 1. The Morgan fingerprint density at radius 1 is 1.10 bits per heavy atom. The largest absolute Gasteiger partial charge is 0.494 e. The number of benzene rings is 2. The van der Waals surface area contributed by atoms with Crippen LogP contribution in [0.15, 0.2) is 48.5 Å². The molecule has 21 heavy (non-hydrogen) atoms. The van der Waals surface area contributed by atoms with Crippen LogP contribution in [0.25, 0.3) is 0 Å². The van der Waals surface area contributed by atoms with Gasteiger partial charge in [-0.25, -0.2) is 0 Å². The second-order valence-electron chi connectivity index (χ2n) is 5.00. The highest BCUT2D eigenvalue weighted by Gasteiger charge is 1.99. The van der Waals surface area contributed by atoms with E-state index in [1.165, 1.54) is 5.56 Å². The maximum absolute atomic E-state index is 6.15. The lowest BCUT2D eigenvalue weighted by Crippen LogP contribution is -2.03. The molecular weight excluding hydrogens is 282 g/mol. The summed E-state index contributed by atoms with van der Waals surface area (Å²) in [6, 6.07) is 16.1. The number of anilines is 1. The van der Waals surface area contributed by atoms with Crippen LogP contribution < -0.4 is 10.1 Å². The van der Waals surface area contributed by atoms with Crippen molar-refractivity contribution in [2.45, 2.75) is 26.2 Å². The Morgan fingerprint density at radius 2 is 1.95 bits per heavy atom. The molecule has 0 spiro atoms. The van der Waals surface area contributed by atoms with Crippen molar-refractivity contribution in [1.29, 1.82) is 0 Å². The Balaban J connectivity index is 1.77. The highest BCUT2D eigenvalue weighted by Crippen LogP contribution is 2.19. The zero-order chi connectivity index (χ0) is 14.9. The summed E-state index contributed by atoms with van der Waals surface area (Å²) in [4.78, 5) is 0. The van der Waals surface area contributed by atoms with E-state index in [1.807, 2.05) is 36.4 Å². The van der Waals surface area contributed by atoms with Crippen molar-refractivity contribution in [2.24, 2.45) is 0 Å². The Hall–Kier alpha value is -1.67. The molecule has 0 aliphatic heterocycles. The first-order chi connectivity index (χ1) is 10.3. The molecule has 0 radical (unpaired) electrons. The van der Waals surface area contributed by atoms with E-state index in [0.29, 0.717) is 0 Å². The van der Waals surface area contributed by atoms with Gasteiger partial charge in [-0.1, -0.05) is 42.8 Å². The van der Waals surface area contributed by atoms with Crippen LogP contribution in [0.3, 0.4) is 0 Å². The molecule has 112 valence electrons. The normalized spacial score (nSPS) is 10.4. The first-order valence-electron chi connectivity index (χ1n) is 7.49. The number of ether oxygens (including phenoxy) is 1. The predicted molar refractivity (Wildman–Crippen MR) is 90.5 cm³/mol. The van der Waals surface area contributed by atoms with E-state index >= 15 is 0 Å². The van der Waals surface area contributed by atoms with Gasteiger partial charge >= 0.3 is 0 Å². The third-order valence-electron chi connectivity index (χ3n) is 3.22. The van der Waals surface area contributed by atoms with Crippen LogP contribution >= 0.6 is 11.6 Å². The lowest BCUT2D eigenvalue weighted by atomic mass is 10.1. The van der Waals surface area contributed by atoms with Gasteiger partial charge in [-0.15, -0.1) is 0 Å². The summed E-state index contributed by atoms with van der Waals surface area (Å²) in [5.74, 6) is 0.924. The molecule has 1 N–H and O–H groups in total. The Morgan fingerprint density at radius 3 is 2.76 bits per heavy atom. The molecule has 0 bridgehead atoms. The third kappa shape index (κ3) is 5.31. The Kier molecular flexibility index (Phi) is 6.42. The molecule has 0 aromatic heterocycles. The van der Waals surface area contributed by atoms with Crippen LogP contribution in [0.1, 0.15) is 25.3 Å². The van der Waals surface area contributed by atoms with Crippen molar-refractivity contribution < 1.29 is 4.74 Å². The van der Waals surface area contributed by atoms with Crippen molar-refractivity contribution in [3.05, 3.63) is 59.1 Å². The predicted octanol–water partition coefficient (Wildman–Crippen LogP) is 5.17. The van der Waals surface area contributed by atoms with E-state index in [4.69, 9.17) is 16.3 Å². The van der Waals surface area contributed by atoms with Gasteiger partial charge in [0.05, 0.1) is 6.61 Å². The summed E-state index contributed by atoms with van der Waals surface area (Å²) in [6.07, 6.45) is 3.05. The number of hydrogen-bond acceptors (Lipinski definition) is 2. The molecule has 0 fully saturated rings. The number of halogens is 1. The summed E-state index contributed by atoms with van der Waals surface area (Å²) in [6.45, 7) is 3.79. The molecule has 2 rings (SSSR count). The minimum atomic E-state index is 0.760. The molecule has 0 unspecified atom stereocenters. The lowest BCUT2D eigenvalue weighted by molar-refractivity contribution is 0.317. The molecule has 3 heteroatoms. The van der Waals surface area contributed by atoms with Gasteiger partial charge in [0.2, 0.25) is 0 Å². The minimum Gasteiger partial charge on any atom is -0.494 e. The molecule has 2 nitrogen and oxygen atoms in total. The van der Waals surface area contributed by atoms with Crippen molar-refractivity contribution in [1.82, 2.24) is 0 Å². The number of rotatable bonds is 8. The maximum atomic E-state index is 6.15. The standard InChI is InChI=1S/C18H22ClNO/c1-2-13-21-17-10-5-9-16(14-17)20-12-6-8-15-7-3-4-11-18(15)19/h3-5,7,9-11,14,20H,2,6,8,12-13H2,1H3. The fourth-order valence-electron chi connectivity index (χ4n) is 2.13. The second kappa shape index (κ2) is 8.58. The monoisotopic (exact) mass is 303 g/mol. The molecular formula is C18H22ClNO. The zero-order valence-corrected chi connectivity index (χ0v) is 13.2. The van der Waals surface area contributed by atoms with Crippen molar-refractivity contribution in [2.75, 3.05) is 18.5 Å². The Bertz CT molecular complexity index is 556. The van der Waals surface area contributed by atoms with Crippen LogP contribution in [-0.4, -0.2) is 13.2 Å². The van der Waals surface area contributed by atoms with E-state index in [1.54, 1.807) is 0 Å². The fourth-order valence-corrected chi connectivity index (χ4v) is 2.36. The average molecular weight is 304 g/mol. The van der Waals surface area contributed by atoms with E-state index in [2.05, 4.69) is 24.4 Å². The van der Waals surface area contributed by atoms with Gasteiger partial charge in [0, 0.05) is 23.3 Å². The van der Waals surface area contributed by atoms with Crippen LogP contribution in [0, 0.1) is 0 Å². The van der Waals surface area contributed by atoms with Crippen LogP contribution in [0.2, 0.25) is 5.02 Å². The molecule has 0 heterocycles. The molecule has 2 aromatic carbocycles. The number of aryl methyl sites for hydroxylation is 1. The summed E-state index contributed by atoms with van der Waals surface area (Å²) in [5, 5.41) is 4.28. The third-order valence-corrected chi connectivity index (χ3v) is 3.59. The van der Waals surface area contributed by atoms with Gasteiger partial charge in [0.25, 0.3) is 0 Å². The summed E-state index contributed by atoms with van der Waals surface area (Å²) >= 11 is 6.15. The van der Waals surface area contributed by atoms with E-state index in [9.17, 15) is 0 Å². The maximum Gasteiger partial charge on any atom is 0.121 e. The Labute approximate surface area is 132 Å². The molecule has 0 amide bonds. The van der Waals surface area contributed by atoms with Gasteiger partial charge in [0.1, 0.15) is 5.75 Å². The lowest BCUT2D eigenvalue weighted by Gasteiger charge is -2.10. The van der Waals surface area contributed by atoms with Gasteiger partial charge in [-0.3, -0.25) is 0 Å². The van der Waals surface area contributed by atoms with Crippen molar-refractivity contribution in [3.63, 3.8) is 0 Å². The van der Waals surface area contributed by atoms with Crippen LogP contribution in [-0.2, 0) is 6.42 Å². The van der Waals surface area contributed by atoms with E-state index in [0.717, 1.165) is 48.9 Å². The molecule has 0 saturated heterocycles. The highest BCUT2D eigenvalue weighted by molar-refractivity contribution is 6.31. The van der Waals surface area contributed by atoms with Crippen LogP contribution in [0.4, 0.5) is 5.69 Å². The molecule has 0 atom stereocenters. The molecule has 2 aromatic rings. The SMILES string of the molecule is CCCOc1cccc(NCCCc2ccccc2Cl)c1. The quantitative estimate of drug-likeness (QED) is 0.679. The van der Waals surface area contributed by atoms with Gasteiger partial charge < -0.3 is 10.1 Å². The summed E-state index contributed by atoms with van der Waals surface area (Å²) < 4.78 is 5.63. The van der Waals surface area contributed by atoms with E-state index < -0.39 is 0 Å². The zero-order valence-electron chi connectivity index (χ0n) is 12.4. The fraction of sp³-hybridized carbons (Fsp3) is 0.333. The smallest absolute Gasteiger partial charge is 0.121 e. The summed E-state index contributed by atoms with van der Waals surface area (Å²) in [7, 11) is 0. The minimum absolute atomic E-state index is 0.760. The first-order valence-corrected chi connectivity index (χ1v) is 7.87. The second-order valence-corrected chi connectivity index (χ2v) is 5.41. The van der Waals surface area contributed by atoms with Gasteiger partial charge in [-0.2, -0.15) is 0 Å². The number of nitrogens with one attached hydrogen (secondary N) is 1. The van der Waals surface area contributed by atoms with Crippen LogP contribution in [0.5, 0.6) is 5.75 Å². The molecule has 0 saturated carbocycles.